The van der Waals surface area contributed by atoms with Crippen LogP contribution < -0.4 is 14.8 Å². The monoisotopic (exact) mass is 436 g/mol. The molecule has 3 aromatic rings. The molecule has 0 aliphatic carbocycles. The van der Waals surface area contributed by atoms with Crippen LogP contribution in [-0.2, 0) is 13.1 Å². The Labute approximate surface area is 189 Å². The Hall–Kier alpha value is -3.06. The molecular formula is C25H32N4O3. The van der Waals surface area contributed by atoms with E-state index in [0.29, 0.717) is 17.1 Å². The Bertz CT molecular complexity index is 1090. The van der Waals surface area contributed by atoms with Gasteiger partial charge in [-0.2, -0.15) is 0 Å². The number of nitrogens with one attached hydrogen (secondary N) is 1. The van der Waals surface area contributed by atoms with Crippen LogP contribution in [0.2, 0.25) is 0 Å². The molecule has 1 fully saturated rings. The molecule has 2 heterocycles. The molecule has 0 saturated carbocycles. The summed E-state index contributed by atoms with van der Waals surface area (Å²) in [6, 6.07) is 11.1. The summed E-state index contributed by atoms with van der Waals surface area (Å²) in [5.41, 5.74) is 3.26. The maximum atomic E-state index is 12.8. The van der Waals surface area contributed by atoms with Gasteiger partial charge in [-0.05, 0) is 68.8 Å². The number of carbonyl (C=O) groups is 1. The van der Waals surface area contributed by atoms with Crippen molar-refractivity contribution in [2.45, 2.75) is 45.7 Å². The van der Waals surface area contributed by atoms with E-state index >= 15 is 0 Å². The van der Waals surface area contributed by atoms with E-state index in [2.05, 4.69) is 27.8 Å². The average molecular weight is 437 g/mol. The zero-order valence-electron chi connectivity index (χ0n) is 19.2. The van der Waals surface area contributed by atoms with Crippen molar-refractivity contribution >= 4 is 22.6 Å². The van der Waals surface area contributed by atoms with E-state index in [9.17, 15) is 4.79 Å². The first-order valence-corrected chi connectivity index (χ1v) is 11.4. The van der Waals surface area contributed by atoms with E-state index in [1.54, 1.807) is 32.4 Å². The van der Waals surface area contributed by atoms with Crippen LogP contribution in [0, 0.1) is 0 Å². The Balaban J connectivity index is 1.56. The molecule has 1 N–H and O–H groups in total. The van der Waals surface area contributed by atoms with Crippen LogP contribution in [-0.4, -0.2) is 47.7 Å². The van der Waals surface area contributed by atoms with Crippen LogP contribution >= 0.6 is 0 Å². The van der Waals surface area contributed by atoms with Gasteiger partial charge in [0, 0.05) is 17.8 Å². The third-order valence-corrected chi connectivity index (χ3v) is 5.99. The topological polar surface area (TPSA) is 68.6 Å². The molecule has 1 aromatic heterocycles. The van der Waals surface area contributed by atoms with Gasteiger partial charge in [-0.25, -0.2) is 4.98 Å². The van der Waals surface area contributed by atoms with Gasteiger partial charge >= 0.3 is 0 Å². The smallest absolute Gasteiger partial charge is 0.255 e. The highest BCUT2D eigenvalue weighted by molar-refractivity contribution is 6.05. The van der Waals surface area contributed by atoms with E-state index in [1.807, 2.05) is 12.1 Å². The summed E-state index contributed by atoms with van der Waals surface area (Å²) in [6.07, 6.45) is 4.90. The summed E-state index contributed by atoms with van der Waals surface area (Å²) in [7, 11) is 3.13. The number of rotatable bonds is 8. The highest BCUT2D eigenvalue weighted by atomic mass is 16.5. The van der Waals surface area contributed by atoms with E-state index in [4.69, 9.17) is 14.5 Å². The highest BCUT2D eigenvalue weighted by Crippen LogP contribution is 2.28. The van der Waals surface area contributed by atoms with E-state index < -0.39 is 0 Å². The average Bonchev–Trinajstić information content (AvgIpc) is 3.15. The fourth-order valence-corrected chi connectivity index (χ4v) is 4.35. The molecular weight excluding hydrogens is 404 g/mol. The lowest BCUT2D eigenvalue weighted by atomic mass is 10.1. The van der Waals surface area contributed by atoms with Gasteiger partial charge < -0.3 is 19.4 Å². The molecule has 2 aromatic carbocycles. The fourth-order valence-electron chi connectivity index (χ4n) is 4.35. The van der Waals surface area contributed by atoms with Gasteiger partial charge in [-0.1, -0.05) is 13.3 Å². The molecule has 0 bridgehead atoms. The normalized spacial score (nSPS) is 14.5. The molecule has 32 heavy (non-hydrogen) atoms. The van der Waals surface area contributed by atoms with Crippen LogP contribution in [0.1, 0.15) is 48.8 Å². The highest BCUT2D eigenvalue weighted by Gasteiger charge is 2.17. The minimum Gasteiger partial charge on any atom is -0.493 e. The Kier molecular flexibility index (Phi) is 6.95. The number of carbonyl (C=O) groups excluding carboxylic acids is 1. The van der Waals surface area contributed by atoms with Crippen molar-refractivity contribution in [3.8, 4) is 11.5 Å². The maximum Gasteiger partial charge on any atom is 0.255 e. The standard InChI is InChI=1S/C25H32N4O3/c1-4-12-29-21-10-9-19(16-20(21)27-24(29)17-28-13-6-5-7-14-28)26-25(30)18-8-11-22(31-2)23(15-18)32-3/h8-11,15-16H,4-7,12-14,17H2,1-3H3,(H,26,30). The fraction of sp³-hybridized carbons (Fsp3) is 0.440. The number of hydrogen-bond acceptors (Lipinski definition) is 5. The van der Waals surface area contributed by atoms with Gasteiger partial charge in [0.15, 0.2) is 11.5 Å². The summed E-state index contributed by atoms with van der Waals surface area (Å²) in [6.45, 7) is 6.29. The van der Waals surface area contributed by atoms with E-state index in [-0.39, 0.29) is 5.91 Å². The third-order valence-electron chi connectivity index (χ3n) is 5.99. The summed E-state index contributed by atoms with van der Waals surface area (Å²) in [5.74, 6) is 2.02. The van der Waals surface area contributed by atoms with Crippen molar-refractivity contribution in [2.75, 3.05) is 32.6 Å². The number of methoxy groups -OCH3 is 2. The second-order valence-corrected chi connectivity index (χ2v) is 8.24. The van der Waals surface area contributed by atoms with Gasteiger partial charge in [0.1, 0.15) is 5.82 Å². The van der Waals surface area contributed by atoms with Gasteiger partial charge in [0.05, 0.1) is 31.8 Å². The van der Waals surface area contributed by atoms with Crippen molar-refractivity contribution in [3.63, 3.8) is 0 Å². The number of fused-ring (bicyclic) bond motifs is 1. The molecule has 4 rings (SSSR count). The predicted octanol–water partition coefficient (Wildman–Crippen LogP) is 4.70. The first-order valence-electron chi connectivity index (χ1n) is 11.4. The van der Waals surface area contributed by atoms with Crippen molar-refractivity contribution in [1.29, 1.82) is 0 Å². The maximum absolute atomic E-state index is 12.8. The van der Waals surface area contributed by atoms with Crippen molar-refractivity contribution < 1.29 is 14.3 Å². The Morgan fingerprint density at radius 1 is 1.03 bits per heavy atom. The van der Waals surface area contributed by atoms with Crippen LogP contribution in [0.3, 0.4) is 0 Å². The first kappa shape index (κ1) is 22.1. The molecule has 0 atom stereocenters. The molecule has 0 spiro atoms. The quantitative estimate of drug-likeness (QED) is 0.554. The summed E-state index contributed by atoms with van der Waals surface area (Å²) in [4.78, 5) is 20.3. The first-order chi connectivity index (χ1) is 15.6. The molecule has 0 radical (unpaired) electrons. The number of aryl methyl sites for hydroxylation is 1. The minimum atomic E-state index is -0.202. The molecule has 1 amide bonds. The number of hydrogen-bond donors (Lipinski definition) is 1. The number of benzene rings is 2. The number of likely N-dealkylation sites (tertiary alicyclic amines) is 1. The summed E-state index contributed by atoms with van der Waals surface area (Å²) < 4.78 is 12.9. The Morgan fingerprint density at radius 3 is 2.53 bits per heavy atom. The molecule has 0 unspecified atom stereocenters. The van der Waals surface area contributed by atoms with Crippen LogP contribution in [0.15, 0.2) is 36.4 Å². The lowest BCUT2D eigenvalue weighted by molar-refractivity contribution is 0.102. The van der Waals surface area contributed by atoms with Gasteiger partial charge in [-0.3, -0.25) is 9.69 Å². The zero-order valence-corrected chi connectivity index (χ0v) is 19.2. The number of anilines is 1. The largest absolute Gasteiger partial charge is 0.493 e. The number of piperidine rings is 1. The number of imidazole rings is 1. The minimum absolute atomic E-state index is 0.202. The molecule has 7 nitrogen and oxygen atoms in total. The van der Waals surface area contributed by atoms with Gasteiger partial charge in [0.25, 0.3) is 5.91 Å². The molecule has 1 saturated heterocycles. The lowest BCUT2D eigenvalue weighted by Gasteiger charge is -2.26. The summed E-state index contributed by atoms with van der Waals surface area (Å²) >= 11 is 0. The second-order valence-electron chi connectivity index (χ2n) is 8.24. The van der Waals surface area contributed by atoms with E-state index in [0.717, 1.165) is 55.1 Å². The zero-order chi connectivity index (χ0) is 22.5. The van der Waals surface area contributed by atoms with Crippen molar-refractivity contribution in [3.05, 3.63) is 47.8 Å². The molecule has 7 heteroatoms. The van der Waals surface area contributed by atoms with Crippen LogP contribution in [0.25, 0.3) is 11.0 Å². The molecule has 170 valence electrons. The lowest BCUT2D eigenvalue weighted by Crippen LogP contribution is -2.30. The number of aromatic nitrogens is 2. The molecule has 1 aliphatic rings. The van der Waals surface area contributed by atoms with Gasteiger partial charge in [-0.15, -0.1) is 0 Å². The predicted molar refractivity (Wildman–Crippen MR) is 127 cm³/mol. The third kappa shape index (κ3) is 4.72. The van der Waals surface area contributed by atoms with Crippen LogP contribution in [0.4, 0.5) is 5.69 Å². The van der Waals surface area contributed by atoms with Crippen molar-refractivity contribution in [2.24, 2.45) is 0 Å². The molecule has 1 aliphatic heterocycles. The number of ether oxygens (including phenoxy) is 2. The SMILES string of the molecule is CCCn1c(CN2CCCCC2)nc2cc(NC(=O)c3ccc(OC)c(OC)c3)ccc21. The second kappa shape index (κ2) is 10.0. The van der Waals surface area contributed by atoms with Crippen molar-refractivity contribution in [1.82, 2.24) is 14.5 Å². The van der Waals surface area contributed by atoms with Crippen LogP contribution in [0.5, 0.6) is 11.5 Å². The van der Waals surface area contributed by atoms with Gasteiger partial charge in [0.2, 0.25) is 0 Å². The summed E-state index contributed by atoms with van der Waals surface area (Å²) in [5, 5.41) is 2.99. The Morgan fingerprint density at radius 2 is 1.81 bits per heavy atom. The number of amides is 1. The number of nitrogens with zero attached hydrogens (tertiary/aromatic N) is 3. The van der Waals surface area contributed by atoms with E-state index in [1.165, 1.54) is 19.3 Å².